The number of carbonyl (C=O) groups is 1. The maximum atomic E-state index is 12.7. The van der Waals surface area contributed by atoms with E-state index in [1.54, 1.807) is 26.1 Å². The highest BCUT2D eigenvalue weighted by molar-refractivity contribution is 7.12. The molecule has 2 aromatic rings. The van der Waals surface area contributed by atoms with Crippen molar-refractivity contribution in [2.75, 3.05) is 0 Å². The second-order valence-corrected chi connectivity index (χ2v) is 5.57. The van der Waals surface area contributed by atoms with Crippen LogP contribution in [-0.4, -0.2) is 21.9 Å². The molecule has 0 radical (unpaired) electrons. The van der Waals surface area contributed by atoms with Gasteiger partial charge in [0.05, 0.1) is 21.8 Å². The first kappa shape index (κ1) is 14.7. The predicted molar refractivity (Wildman–Crippen MR) is 76.7 cm³/mol. The van der Waals surface area contributed by atoms with Gasteiger partial charge in [0.1, 0.15) is 6.04 Å². The monoisotopic (exact) mass is 314 g/mol. The summed E-state index contributed by atoms with van der Waals surface area (Å²) in [6.45, 7) is 3.44. The largest absolute Gasteiger partial charge is 0.271 e. The molecule has 1 N–H and O–H groups in total. The van der Waals surface area contributed by atoms with Crippen LogP contribution in [0, 0.1) is 12.1 Å². The van der Waals surface area contributed by atoms with Gasteiger partial charge >= 0.3 is 0 Å². The van der Waals surface area contributed by atoms with Crippen LogP contribution in [0.2, 0.25) is 5.02 Å². The Bertz CT molecular complexity index is 632. The van der Waals surface area contributed by atoms with Crippen LogP contribution in [0.5, 0.6) is 0 Å². The Balaban J connectivity index is 1.96. The van der Waals surface area contributed by atoms with Gasteiger partial charge in [-0.1, -0.05) is 11.6 Å². The molecule has 2 aromatic heterocycles. The minimum atomic E-state index is -0.543. The molecule has 0 aromatic carbocycles. The lowest BCUT2D eigenvalue weighted by molar-refractivity contribution is -0.124. The fourth-order valence-corrected chi connectivity index (χ4v) is 2.17. The molecule has 1 atom stereocenters. The van der Waals surface area contributed by atoms with Gasteiger partial charge in [-0.2, -0.15) is 14.6 Å². The van der Waals surface area contributed by atoms with E-state index in [9.17, 15) is 9.18 Å². The molecule has 0 aliphatic carbocycles. The summed E-state index contributed by atoms with van der Waals surface area (Å²) in [5, 5.41) is 8.10. The summed E-state index contributed by atoms with van der Waals surface area (Å²) < 4.78 is 14.2. The van der Waals surface area contributed by atoms with Gasteiger partial charge < -0.3 is 0 Å². The summed E-state index contributed by atoms with van der Waals surface area (Å²) in [5.41, 5.74) is 3.03. The van der Waals surface area contributed by atoms with Crippen molar-refractivity contribution in [3.63, 3.8) is 0 Å². The maximum absolute atomic E-state index is 12.7. The van der Waals surface area contributed by atoms with Crippen LogP contribution in [0.15, 0.2) is 23.4 Å². The van der Waals surface area contributed by atoms with Crippen molar-refractivity contribution in [1.82, 2.24) is 15.2 Å². The highest BCUT2D eigenvalue weighted by Crippen LogP contribution is 2.16. The van der Waals surface area contributed by atoms with Crippen molar-refractivity contribution in [2.24, 2.45) is 5.10 Å². The maximum Gasteiger partial charge on any atom is 0.264 e. The van der Waals surface area contributed by atoms with E-state index in [1.165, 1.54) is 17.0 Å². The molecule has 0 saturated carbocycles. The van der Waals surface area contributed by atoms with Gasteiger partial charge in [0.15, 0.2) is 5.13 Å². The molecule has 0 unspecified atom stereocenters. The fourth-order valence-electron chi connectivity index (χ4n) is 1.43. The van der Waals surface area contributed by atoms with E-state index in [-0.39, 0.29) is 11.0 Å². The number of hydrogen-bond acceptors (Lipinski definition) is 4. The van der Waals surface area contributed by atoms with Crippen LogP contribution in [0.1, 0.15) is 23.5 Å². The molecule has 106 valence electrons. The van der Waals surface area contributed by atoms with Crippen molar-refractivity contribution < 1.29 is 9.18 Å². The Morgan fingerprint density at radius 3 is 2.95 bits per heavy atom. The van der Waals surface area contributed by atoms with Gasteiger partial charge in [-0.15, -0.1) is 11.3 Å². The highest BCUT2D eigenvalue weighted by atomic mass is 35.5. The van der Waals surface area contributed by atoms with Crippen molar-refractivity contribution in [2.45, 2.75) is 19.9 Å². The molecular formula is C12H12ClFN4OS. The number of halogens is 2. The molecule has 20 heavy (non-hydrogen) atoms. The van der Waals surface area contributed by atoms with Crippen molar-refractivity contribution in [3.05, 3.63) is 39.1 Å². The summed E-state index contributed by atoms with van der Waals surface area (Å²) in [4.78, 5) is 12.5. The smallest absolute Gasteiger partial charge is 0.264 e. The lowest BCUT2D eigenvalue weighted by Gasteiger charge is -2.09. The van der Waals surface area contributed by atoms with Crippen molar-refractivity contribution >= 4 is 35.1 Å². The SMILES string of the molecule is Cc1nn([C@@H](C)C(=O)N/N=C\c2ccc(F)s2)cc1Cl. The Hall–Kier alpha value is -1.73. The molecule has 0 saturated heterocycles. The number of amides is 1. The Morgan fingerprint density at radius 1 is 1.65 bits per heavy atom. The van der Waals surface area contributed by atoms with E-state index in [1.807, 2.05) is 0 Å². The van der Waals surface area contributed by atoms with Gasteiger partial charge in [-0.05, 0) is 26.0 Å². The molecule has 0 aliphatic rings. The summed E-state index contributed by atoms with van der Waals surface area (Å²) in [7, 11) is 0. The second-order valence-electron chi connectivity index (χ2n) is 4.09. The molecule has 0 aliphatic heterocycles. The van der Waals surface area contributed by atoms with E-state index >= 15 is 0 Å². The number of carbonyl (C=O) groups excluding carboxylic acids is 1. The molecule has 5 nitrogen and oxygen atoms in total. The molecule has 0 fully saturated rings. The second kappa shape index (κ2) is 6.15. The Labute approximate surface area is 124 Å². The average molecular weight is 315 g/mol. The molecular weight excluding hydrogens is 303 g/mol. The van der Waals surface area contributed by atoms with Gasteiger partial charge in [-0.3, -0.25) is 9.48 Å². The quantitative estimate of drug-likeness (QED) is 0.697. The first-order valence-corrected chi connectivity index (χ1v) is 6.96. The van der Waals surface area contributed by atoms with E-state index in [2.05, 4.69) is 15.6 Å². The highest BCUT2D eigenvalue weighted by Gasteiger charge is 2.16. The number of aromatic nitrogens is 2. The van der Waals surface area contributed by atoms with Crippen LogP contribution in [0.4, 0.5) is 4.39 Å². The first-order valence-electron chi connectivity index (χ1n) is 5.77. The zero-order valence-corrected chi connectivity index (χ0v) is 12.4. The first-order chi connectivity index (χ1) is 9.47. The molecule has 2 heterocycles. The van der Waals surface area contributed by atoms with Crippen molar-refractivity contribution in [3.8, 4) is 0 Å². The lowest BCUT2D eigenvalue weighted by atomic mass is 10.3. The number of hydrogen-bond donors (Lipinski definition) is 1. The molecule has 1 amide bonds. The Kier molecular flexibility index (Phi) is 4.51. The standard InChI is InChI=1S/C12H12ClFN4OS/c1-7-10(13)6-18(17-7)8(2)12(19)16-15-5-9-3-4-11(14)20-9/h3-6,8H,1-2H3,(H,16,19)/b15-5-/t8-/m0/s1. The molecule has 0 spiro atoms. The Morgan fingerprint density at radius 2 is 2.40 bits per heavy atom. The minimum Gasteiger partial charge on any atom is -0.271 e. The van der Waals surface area contributed by atoms with Crippen LogP contribution >= 0.6 is 22.9 Å². The van der Waals surface area contributed by atoms with Gasteiger partial charge in [-0.25, -0.2) is 5.43 Å². The number of rotatable bonds is 4. The normalized spacial score (nSPS) is 12.8. The summed E-state index contributed by atoms with van der Waals surface area (Å²) in [5.74, 6) is -0.336. The number of aryl methyl sites for hydroxylation is 1. The molecule has 8 heteroatoms. The summed E-state index contributed by atoms with van der Waals surface area (Å²) in [6, 6.07) is 2.37. The van der Waals surface area contributed by atoms with E-state index in [4.69, 9.17) is 11.6 Å². The minimum absolute atomic E-state index is 0.298. The third-order valence-corrected chi connectivity index (χ3v) is 3.77. The van der Waals surface area contributed by atoms with Gasteiger partial charge in [0, 0.05) is 6.20 Å². The molecule has 0 bridgehead atoms. The van der Waals surface area contributed by atoms with Crippen molar-refractivity contribution in [1.29, 1.82) is 0 Å². The zero-order valence-electron chi connectivity index (χ0n) is 10.8. The zero-order chi connectivity index (χ0) is 14.7. The summed E-state index contributed by atoms with van der Waals surface area (Å²) in [6.07, 6.45) is 2.97. The van der Waals surface area contributed by atoms with Crippen LogP contribution in [0.25, 0.3) is 0 Å². The number of nitrogens with one attached hydrogen (secondary N) is 1. The van der Waals surface area contributed by atoms with Crippen LogP contribution in [0.3, 0.4) is 0 Å². The average Bonchev–Trinajstić information content (AvgIpc) is 2.96. The number of hydrazone groups is 1. The van der Waals surface area contributed by atoms with Gasteiger partial charge in [0.25, 0.3) is 5.91 Å². The van der Waals surface area contributed by atoms with E-state index in [0.29, 0.717) is 15.6 Å². The fraction of sp³-hybridized carbons (Fsp3) is 0.250. The lowest BCUT2D eigenvalue weighted by Crippen LogP contribution is -2.27. The number of nitrogens with zero attached hydrogens (tertiary/aromatic N) is 3. The van der Waals surface area contributed by atoms with Crippen LogP contribution < -0.4 is 5.43 Å². The van der Waals surface area contributed by atoms with E-state index in [0.717, 1.165) is 11.3 Å². The number of thiophene rings is 1. The third-order valence-electron chi connectivity index (χ3n) is 2.59. The van der Waals surface area contributed by atoms with Crippen LogP contribution in [-0.2, 0) is 4.79 Å². The summed E-state index contributed by atoms with van der Waals surface area (Å²) >= 11 is 6.83. The molecule has 2 rings (SSSR count). The predicted octanol–water partition coefficient (Wildman–Crippen LogP) is 2.76. The third kappa shape index (κ3) is 3.43. The van der Waals surface area contributed by atoms with Gasteiger partial charge in [0.2, 0.25) is 0 Å². The van der Waals surface area contributed by atoms with E-state index < -0.39 is 6.04 Å². The topological polar surface area (TPSA) is 59.3 Å².